The highest BCUT2D eigenvalue weighted by atomic mass is 16.5. The van der Waals surface area contributed by atoms with Gasteiger partial charge in [0.25, 0.3) is 0 Å². The fourth-order valence-electron chi connectivity index (χ4n) is 1.68. The summed E-state index contributed by atoms with van der Waals surface area (Å²) in [4.78, 5) is 4.16. The molecule has 0 aliphatic carbocycles. The fourth-order valence-corrected chi connectivity index (χ4v) is 1.68. The Hall–Kier alpha value is -2.24. The van der Waals surface area contributed by atoms with Crippen molar-refractivity contribution < 1.29 is 4.74 Å². The Bertz CT molecular complexity index is 523. The Kier molecular flexibility index (Phi) is 3.66. The molecule has 0 fully saturated rings. The Labute approximate surface area is 106 Å². The minimum Gasteiger partial charge on any atom is -0.495 e. The summed E-state index contributed by atoms with van der Waals surface area (Å²) in [5.41, 5.74) is 7.44. The van der Waals surface area contributed by atoms with Crippen LogP contribution in [0.1, 0.15) is 5.82 Å². The summed E-state index contributed by atoms with van der Waals surface area (Å²) in [6.45, 7) is 0.724. The second-order valence-electron chi connectivity index (χ2n) is 3.93. The normalized spacial score (nSPS) is 10.3. The minimum atomic E-state index is 0.619. The molecular formula is C12H17N5O. The van der Waals surface area contributed by atoms with Crippen LogP contribution in [-0.2, 0) is 13.5 Å². The number of hydrogen-bond acceptors (Lipinski definition) is 5. The van der Waals surface area contributed by atoms with Crippen molar-refractivity contribution in [2.45, 2.75) is 6.42 Å². The van der Waals surface area contributed by atoms with E-state index in [0.717, 1.165) is 24.5 Å². The largest absolute Gasteiger partial charge is 0.495 e. The number of benzene rings is 1. The summed E-state index contributed by atoms with van der Waals surface area (Å²) in [5.74, 6) is 1.49. The molecule has 0 spiro atoms. The predicted octanol–water partition coefficient (Wildman–Crippen LogP) is 1.06. The lowest BCUT2D eigenvalue weighted by molar-refractivity contribution is 0.417. The van der Waals surface area contributed by atoms with Crippen LogP contribution in [0.25, 0.3) is 0 Å². The summed E-state index contributed by atoms with van der Waals surface area (Å²) >= 11 is 0. The van der Waals surface area contributed by atoms with Crippen molar-refractivity contribution in [1.82, 2.24) is 14.8 Å². The lowest BCUT2D eigenvalue weighted by atomic mass is 10.2. The number of nitrogen functional groups attached to an aromatic ring is 1. The molecule has 1 heterocycles. The van der Waals surface area contributed by atoms with Gasteiger partial charge in [-0.05, 0) is 12.1 Å². The number of nitrogens with zero attached hydrogens (tertiary/aromatic N) is 3. The molecule has 18 heavy (non-hydrogen) atoms. The zero-order valence-electron chi connectivity index (χ0n) is 10.6. The molecule has 0 aliphatic heterocycles. The van der Waals surface area contributed by atoms with E-state index < -0.39 is 0 Å². The first-order chi connectivity index (χ1) is 8.70. The number of para-hydroxylation sites is 1. The Morgan fingerprint density at radius 3 is 2.94 bits per heavy atom. The molecule has 96 valence electrons. The molecule has 0 amide bonds. The SMILES string of the molecule is COc1cccc(NCCc2ncn(C)n2)c1N. The molecule has 0 saturated carbocycles. The molecule has 2 aromatic rings. The van der Waals surface area contributed by atoms with Crippen LogP contribution >= 0.6 is 0 Å². The van der Waals surface area contributed by atoms with Crippen LogP contribution in [0, 0.1) is 0 Å². The van der Waals surface area contributed by atoms with Gasteiger partial charge in [0, 0.05) is 20.0 Å². The first-order valence-electron chi connectivity index (χ1n) is 5.71. The lowest BCUT2D eigenvalue weighted by Crippen LogP contribution is -2.08. The molecule has 0 unspecified atom stereocenters. The van der Waals surface area contributed by atoms with E-state index in [4.69, 9.17) is 10.5 Å². The first kappa shape index (κ1) is 12.2. The van der Waals surface area contributed by atoms with Crippen molar-refractivity contribution >= 4 is 11.4 Å². The second-order valence-corrected chi connectivity index (χ2v) is 3.93. The molecule has 0 bridgehead atoms. The Balaban J connectivity index is 1.94. The Morgan fingerprint density at radius 1 is 1.44 bits per heavy atom. The molecule has 0 atom stereocenters. The van der Waals surface area contributed by atoms with Gasteiger partial charge in [-0.25, -0.2) is 4.98 Å². The molecule has 6 heteroatoms. The summed E-state index contributed by atoms with van der Waals surface area (Å²) in [5, 5.41) is 7.46. The molecule has 3 N–H and O–H groups in total. The third kappa shape index (κ3) is 2.71. The van der Waals surface area contributed by atoms with Crippen LogP contribution in [0.3, 0.4) is 0 Å². The van der Waals surface area contributed by atoms with Crippen LogP contribution < -0.4 is 15.8 Å². The van der Waals surface area contributed by atoms with Crippen molar-refractivity contribution in [2.75, 3.05) is 24.7 Å². The summed E-state index contributed by atoms with van der Waals surface area (Å²) in [6.07, 6.45) is 2.44. The van der Waals surface area contributed by atoms with Crippen LogP contribution in [-0.4, -0.2) is 28.4 Å². The standard InChI is InChI=1S/C12H17N5O/c1-17-8-15-11(16-17)6-7-14-9-4-3-5-10(18-2)12(9)13/h3-5,8,14H,6-7,13H2,1-2H3. The maximum absolute atomic E-state index is 5.95. The molecule has 2 rings (SSSR count). The number of hydrogen-bond donors (Lipinski definition) is 2. The number of ether oxygens (including phenoxy) is 1. The molecule has 1 aromatic carbocycles. The smallest absolute Gasteiger partial charge is 0.152 e. The average Bonchev–Trinajstić information content (AvgIpc) is 2.77. The zero-order chi connectivity index (χ0) is 13.0. The molecule has 6 nitrogen and oxygen atoms in total. The number of aryl methyl sites for hydroxylation is 1. The van der Waals surface area contributed by atoms with Gasteiger partial charge in [0.1, 0.15) is 12.1 Å². The quantitative estimate of drug-likeness (QED) is 0.772. The fraction of sp³-hybridized carbons (Fsp3) is 0.333. The van der Waals surface area contributed by atoms with Crippen molar-refractivity contribution in [3.8, 4) is 5.75 Å². The van der Waals surface area contributed by atoms with Gasteiger partial charge in [-0.2, -0.15) is 5.10 Å². The van der Waals surface area contributed by atoms with Crippen molar-refractivity contribution in [3.63, 3.8) is 0 Å². The maximum Gasteiger partial charge on any atom is 0.152 e. The van der Waals surface area contributed by atoms with Gasteiger partial charge in [0.15, 0.2) is 5.82 Å². The van der Waals surface area contributed by atoms with Gasteiger partial charge in [0.2, 0.25) is 0 Å². The van der Waals surface area contributed by atoms with Gasteiger partial charge in [-0.3, -0.25) is 4.68 Å². The van der Waals surface area contributed by atoms with E-state index in [1.807, 2.05) is 25.2 Å². The van der Waals surface area contributed by atoms with Gasteiger partial charge < -0.3 is 15.8 Å². The molecule has 1 aromatic heterocycles. The number of aromatic nitrogens is 3. The highest BCUT2D eigenvalue weighted by Gasteiger charge is 2.05. The van der Waals surface area contributed by atoms with Gasteiger partial charge in [-0.1, -0.05) is 6.07 Å². The number of methoxy groups -OCH3 is 1. The molecule has 0 radical (unpaired) electrons. The zero-order valence-corrected chi connectivity index (χ0v) is 10.6. The average molecular weight is 247 g/mol. The van der Waals surface area contributed by atoms with E-state index in [2.05, 4.69) is 15.4 Å². The third-order valence-electron chi connectivity index (χ3n) is 2.60. The minimum absolute atomic E-state index is 0.619. The number of nitrogens with two attached hydrogens (primary N) is 1. The summed E-state index contributed by atoms with van der Waals surface area (Å²) in [7, 11) is 3.46. The number of nitrogens with one attached hydrogen (secondary N) is 1. The van der Waals surface area contributed by atoms with E-state index in [1.54, 1.807) is 18.1 Å². The molecular weight excluding hydrogens is 230 g/mol. The number of anilines is 2. The van der Waals surface area contributed by atoms with Crippen LogP contribution in [0.4, 0.5) is 11.4 Å². The third-order valence-corrected chi connectivity index (χ3v) is 2.60. The highest BCUT2D eigenvalue weighted by molar-refractivity contribution is 5.72. The van der Waals surface area contributed by atoms with Crippen LogP contribution in [0.2, 0.25) is 0 Å². The van der Waals surface area contributed by atoms with E-state index in [9.17, 15) is 0 Å². The van der Waals surface area contributed by atoms with Gasteiger partial charge in [-0.15, -0.1) is 0 Å². The predicted molar refractivity (Wildman–Crippen MR) is 70.6 cm³/mol. The lowest BCUT2D eigenvalue weighted by Gasteiger charge is -2.11. The van der Waals surface area contributed by atoms with Crippen molar-refractivity contribution in [1.29, 1.82) is 0 Å². The van der Waals surface area contributed by atoms with Crippen LogP contribution in [0.15, 0.2) is 24.5 Å². The maximum atomic E-state index is 5.95. The van der Waals surface area contributed by atoms with Crippen molar-refractivity contribution in [3.05, 3.63) is 30.4 Å². The van der Waals surface area contributed by atoms with E-state index in [-0.39, 0.29) is 0 Å². The second kappa shape index (κ2) is 5.39. The van der Waals surface area contributed by atoms with Crippen molar-refractivity contribution in [2.24, 2.45) is 7.05 Å². The topological polar surface area (TPSA) is 78.0 Å². The van der Waals surface area contributed by atoms with Crippen LogP contribution in [0.5, 0.6) is 5.75 Å². The van der Waals surface area contributed by atoms with E-state index >= 15 is 0 Å². The first-order valence-corrected chi connectivity index (χ1v) is 5.71. The number of rotatable bonds is 5. The monoisotopic (exact) mass is 247 g/mol. The van der Waals surface area contributed by atoms with E-state index in [1.165, 1.54) is 0 Å². The van der Waals surface area contributed by atoms with Gasteiger partial charge in [0.05, 0.1) is 18.5 Å². The highest BCUT2D eigenvalue weighted by Crippen LogP contribution is 2.28. The summed E-state index contributed by atoms with van der Waals surface area (Å²) < 4.78 is 6.85. The summed E-state index contributed by atoms with van der Waals surface area (Å²) in [6, 6.07) is 5.65. The van der Waals surface area contributed by atoms with E-state index in [0.29, 0.717) is 11.4 Å². The molecule has 0 aliphatic rings. The molecule has 0 saturated heterocycles. The Morgan fingerprint density at radius 2 is 2.28 bits per heavy atom. The van der Waals surface area contributed by atoms with Gasteiger partial charge >= 0.3 is 0 Å².